The van der Waals surface area contributed by atoms with Crippen molar-refractivity contribution in [2.45, 2.75) is 26.6 Å². The summed E-state index contributed by atoms with van der Waals surface area (Å²) in [6, 6.07) is 7.84. The van der Waals surface area contributed by atoms with Crippen LogP contribution in [0.2, 0.25) is 0 Å². The number of terminal acetylenes is 1. The fraction of sp³-hybridized carbons (Fsp3) is 0.385. The maximum absolute atomic E-state index is 5.52. The van der Waals surface area contributed by atoms with E-state index in [9.17, 15) is 0 Å². The van der Waals surface area contributed by atoms with E-state index in [0.717, 1.165) is 11.3 Å². The summed E-state index contributed by atoms with van der Waals surface area (Å²) in [5.74, 6) is 3.31. The van der Waals surface area contributed by atoms with Crippen molar-refractivity contribution in [3.63, 3.8) is 0 Å². The smallest absolute Gasteiger partial charge is 0.119 e. The third kappa shape index (κ3) is 4.53. The molecule has 1 aromatic carbocycles. The Morgan fingerprint density at radius 3 is 2.47 bits per heavy atom. The summed E-state index contributed by atoms with van der Waals surface area (Å²) in [6.07, 6.45) is 5.28. The summed E-state index contributed by atoms with van der Waals surface area (Å²) in [5, 5.41) is 0. The lowest BCUT2D eigenvalue weighted by Gasteiger charge is -2.09. The van der Waals surface area contributed by atoms with Gasteiger partial charge in [0.15, 0.2) is 0 Å². The topological polar surface area (TPSA) is 18.5 Å². The fourth-order valence-electron chi connectivity index (χ4n) is 1.16. The van der Waals surface area contributed by atoms with E-state index in [0.29, 0.717) is 13.2 Å². The number of hydrogen-bond acceptors (Lipinski definition) is 2. The molecule has 0 atom stereocenters. The molecule has 1 aromatic rings. The predicted molar refractivity (Wildman–Crippen MR) is 60.7 cm³/mol. The van der Waals surface area contributed by atoms with Gasteiger partial charge < -0.3 is 9.47 Å². The van der Waals surface area contributed by atoms with Crippen LogP contribution in [-0.2, 0) is 11.3 Å². The van der Waals surface area contributed by atoms with Crippen molar-refractivity contribution in [2.24, 2.45) is 0 Å². The Morgan fingerprint density at radius 1 is 1.27 bits per heavy atom. The number of rotatable bonds is 5. The maximum Gasteiger partial charge on any atom is 0.119 e. The average Bonchev–Trinajstić information content (AvgIpc) is 2.20. The zero-order chi connectivity index (χ0) is 11.1. The van der Waals surface area contributed by atoms with E-state index in [1.165, 1.54) is 0 Å². The Hall–Kier alpha value is -1.46. The molecule has 80 valence electrons. The van der Waals surface area contributed by atoms with E-state index in [-0.39, 0.29) is 6.10 Å². The van der Waals surface area contributed by atoms with Crippen molar-refractivity contribution in [1.82, 2.24) is 0 Å². The molecule has 0 aliphatic rings. The lowest BCUT2D eigenvalue weighted by atomic mass is 10.2. The van der Waals surface area contributed by atoms with Gasteiger partial charge in [-0.25, -0.2) is 0 Å². The molecule has 0 aromatic heterocycles. The Balaban J connectivity index is 2.46. The number of hydrogen-bond donors (Lipinski definition) is 0. The van der Waals surface area contributed by atoms with Gasteiger partial charge in [0.25, 0.3) is 0 Å². The molecule has 0 aliphatic heterocycles. The number of ether oxygens (including phenoxy) is 2. The van der Waals surface area contributed by atoms with Crippen molar-refractivity contribution in [1.29, 1.82) is 0 Å². The first-order valence-corrected chi connectivity index (χ1v) is 4.99. The highest BCUT2D eigenvalue weighted by atomic mass is 16.5. The second-order valence-electron chi connectivity index (χ2n) is 3.51. The van der Waals surface area contributed by atoms with E-state index in [1.54, 1.807) is 0 Å². The lowest BCUT2D eigenvalue weighted by molar-refractivity contribution is 0.153. The van der Waals surface area contributed by atoms with Crippen LogP contribution in [0.15, 0.2) is 24.3 Å². The van der Waals surface area contributed by atoms with Crippen LogP contribution >= 0.6 is 0 Å². The molecular weight excluding hydrogens is 188 g/mol. The zero-order valence-electron chi connectivity index (χ0n) is 9.19. The molecule has 0 saturated heterocycles. The minimum atomic E-state index is 0.202. The minimum absolute atomic E-state index is 0.202. The third-order valence-corrected chi connectivity index (χ3v) is 1.75. The van der Waals surface area contributed by atoms with Gasteiger partial charge in [-0.05, 0) is 31.5 Å². The number of benzene rings is 1. The van der Waals surface area contributed by atoms with Crippen LogP contribution in [0.4, 0.5) is 0 Å². The molecular formula is C13H16O2. The van der Waals surface area contributed by atoms with Crippen molar-refractivity contribution in [3.05, 3.63) is 29.8 Å². The lowest BCUT2D eigenvalue weighted by Crippen LogP contribution is -2.05. The summed E-state index contributed by atoms with van der Waals surface area (Å²) in [7, 11) is 0. The molecule has 15 heavy (non-hydrogen) atoms. The van der Waals surface area contributed by atoms with E-state index >= 15 is 0 Å². The highest BCUT2D eigenvalue weighted by Crippen LogP contribution is 2.14. The van der Waals surface area contributed by atoms with E-state index in [4.69, 9.17) is 15.9 Å². The third-order valence-electron chi connectivity index (χ3n) is 1.75. The molecule has 0 unspecified atom stereocenters. The SMILES string of the molecule is C#CCOCc1ccc(OC(C)C)cc1. The van der Waals surface area contributed by atoms with Crippen molar-refractivity contribution < 1.29 is 9.47 Å². The zero-order valence-corrected chi connectivity index (χ0v) is 9.19. The molecule has 2 nitrogen and oxygen atoms in total. The Bertz CT molecular complexity index is 319. The monoisotopic (exact) mass is 204 g/mol. The van der Waals surface area contributed by atoms with Gasteiger partial charge in [0.2, 0.25) is 0 Å². The Labute approximate surface area is 91.2 Å². The molecule has 0 heterocycles. The second-order valence-corrected chi connectivity index (χ2v) is 3.51. The highest BCUT2D eigenvalue weighted by molar-refractivity contribution is 5.27. The first-order chi connectivity index (χ1) is 7.22. The molecule has 0 N–H and O–H groups in total. The van der Waals surface area contributed by atoms with Crippen LogP contribution in [0.25, 0.3) is 0 Å². The van der Waals surface area contributed by atoms with E-state index in [2.05, 4.69) is 5.92 Å². The molecule has 0 fully saturated rings. The van der Waals surface area contributed by atoms with Gasteiger partial charge in [-0.15, -0.1) is 6.42 Å². The average molecular weight is 204 g/mol. The van der Waals surface area contributed by atoms with Crippen molar-refractivity contribution in [3.8, 4) is 18.1 Å². The molecule has 0 aliphatic carbocycles. The normalized spacial score (nSPS) is 10.0. The molecule has 0 amide bonds. The van der Waals surface area contributed by atoms with Crippen LogP contribution in [-0.4, -0.2) is 12.7 Å². The molecule has 2 heteroatoms. The highest BCUT2D eigenvalue weighted by Gasteiger charge is 1.97. The Morgan fingerprint density at radius 2 is 1.93 bits per heavy atom. The minimum Gasteiger partial charge on any atom is -0.491 e. The summed E-state index contributed by atoms with van der Waals surface area (Å²) < 4.78 is 10.7. The quantitative estimate of drug-likeness (QED) is 0.542. The summed E-state index contributed by atoms with van der Waals surface area (Å²) in [4.78, 5) is 0. The molecule has 0 saturated carbocycles. The van der Waals surface area contributed by atoms with Gasteiger partial charge in [0.05, 0.1) is 12.7 Å². The van der Waals surface area contributed by atoms with Gasteiger partial charge in [0.1, 0.15) is 12.4 Å². The molecule has 1 rings (SSSR count). The van der Waals surface area contributed by atoms with Crippen molar-refractivity contribution >= 4 is 0 Å². The van der Waals surface area contributed by atoms with Crippen LogP contribution in [0.3, 0.4) is 0 Å². The summed E-state index contributed by atoms with van der Waals surface area (Å²) in [6.45, 7) is 4.91. The van der Waals surface area contributed by atoms with Gasteiger partial charge >= 0.3 is 0 Å². The van der Waals surface area contributed by atoms with Crippen molar-refractivity contribution in [2.75, 3.05) is 6.61 Å². The summed E-state index contributed by atoms with van der Waals surface area (Å²) in [5.41, 5.74) is 1.10. The van der Waals surface area contributed by atoms with E-state index in [1.807, 2.05) is 38.1 Å². The van der Waals surface area contributed by atoms with Crippen LogP contribution < -0.4 is 4.74 Å². The largest absolute Gasteiger partial charge is 0.491 e. The van der Waals surface area contributed by atoms with Gasteiger partial charge in [-0.2, -0.15) is 0 Å². The Kier molecular flexibility index (Phi) is 4.73. The van der Waals surface area contributed by atoms with Gasteiger partial charge in [-0.1, -0.05) is 18.1 Å². The van der Waals surface area contributed by atoms with Gasteiger partial charge in [-0.3, -0.25) is 0 Å². The maximum atomic E-state index is 5.52. The fourth-order valence-corrected chi connectivity index (χ4v) is 1.16. The van der Waals surface area contributed by atoms with Gasteiger partial charge in [0, 0.05) is 0 Å². The molecule has 0 spiro atoms. The van der Waals surface area contributed by atoms with E-state index < -0.39 is 0 Å². The van der Waals surface area contributed by atoms with Crippen LogP contribution in [0.1, 0.15) is 19.4 Å². The molecule has 0 radical (unpaired) electrons. The first kappa shape index (κ1) is 11.6. The standard InChI is InChI=1S/C13H16O2/c1-4-9-14-10-12-5-7-13(8-6-12)15-11(2)3/h1,5-8,11H,9-10H2,2-3H3. The van der Waals surface area contributed by atoms with Crippen LogP contribution in [0.5, 0.6) is 5.75 Å². The predicted octanol–water partition coefficient (Wildman–Crippen LogP) is 2.62. The summed E-state index contributed by atoms with van der Waals surface area (Å²) >= 11 is 0. The second kappa shape index (κ2) is 6.10. The molecule has 0 bridgehead atoms. The van der Waals surface area contributed by atoms with Crippen LogP contribution in [0, 0.1) is 12.3 Å². The first-order valence-electron chi connectivity index (χ1n) is 4.99.